The van der Waals surface area contributed by atoms with Crippen molar-refractivity contribution in [2.45, 2.75) is 65.0 Å². The Morgan fingerprint density at radius 1 is 1.31 bits per heavy atom. The van der Waals surface area contributed by atoms with Gasteiger partial charge in [-0.2, -0.15) is 0 Å². The van der Waals surface area contributed by atoms with E-state index in [4.69, 9.17) is 0 Å². The van der Waals surface area contributed by atoms with E-state index in [0.29, 0.717) is 5.41 Å². The summed E-state index contributed by atoms with van der Waals surface area (Å²) in [5.74, 6) is 0. The summed E-state index contributed by atoms with van der Waals surface area (Å²) in [6, 6.07) is 1.53. The number of nitrogens with one attached hydrogen (secondary N) is 1. The maximum Gasteiger partial charge on any atom is 0.0219 e. The van der Waals surface area contributed by atoms with E-state index in [1.165, 1.54) is 51.7 Å². The molecule has 2 nitrogen and oxygen atoms in total. The van der Waals surface area contributed by atoms with Gasteiger partial charge in [0.15, 0.2) is 0 Å². The Morgan fingerprint density at radius 3 is 2.62 bits per heavy atom. The van der Waals surface area contributed by atoms with Crippen LogP contribution < -0.4 is 5.32 Å². The lowest BCUT2D eigenvalue weighted by Crippen LogP contribution is -2.57. The monoisotopic (exact) mass is 224 g/mol. The minimum atomic E-state index is 0.668. The number of nitrogens with zero attached hydrogens (tertiary/aromatic N) is 1. The fourth-order valence-electron chi connectivity index (χ4n) is 2.93. The number of piperazine rings is 1. The Morgan fingerprint density at radius 2 is 2.06 bits per heavy atom. The van der Waals surface area contributed by atoms with Gasteiger partial charge in [-0.3, -0.25) is 4.90 Å². The summed E-state index contributed by atoms with van der Waals surface area (Å²) in [4.78, 5) is 2.77. The van der Waals surface area contributed by atoms with Gasteiger partial charge in [-0.15, -0.1) is 0 Å². The molecule has 1 saturated heterocycles. The van der Waals surface area contributed by atoms with Crippen LogP contribution in [0.1, 0.15) is 52.9 Å². The maximum atomic E-state index is 3.72. The topological polar surface area (TPSA) is 15.3 Å². The molecule has 2 unspecified atom stereocenters. The molecule has 0 spiro atoms. The van der Waals surface area contributed by atoms with Gasteiger partial charge in [0.05, 0.1) is 0 Å². The minimum absolute atomic E-state index is 0.668. The van der Waals surface area contributed by atoms with E-state index in [0.717, 1.165) is 12.1 Å². The Labute approximate surface area is 101 Å². The molecule has 0 aromatic heterocycles. The summed E-state index contributed by atoms with van der Waals surface area (Å²) in [7, 11) is 0. The van der Waals surface area contributed by atoms with E-state index < -0.39 is 0 Å². The fraction of sp³-hybridized carbons (Fsp3) is 1.00. The molecule has 1 N–H and O–H groups in total. The SMILES string of the molecule is CCCC1CN(CC2(C)CC2)C(CC)CN1. The van der Waals surface area contributed by atoms with Crippen LogP contribution >= 0.6 is 0 Å². The molecule has 1 heterocycles. The molecule has 1 aliphatic carbocycles. The van der Waals surface area contributed by atoms with Gasteiger partial charge in [0.2, 0.25) is 0 Å². The van der Waals surface area contributed by atoms with Crippen molar-refractivity contribution < 1.29 is 0 Å². The first-order valence-corrected chi connectivity index (χ1v) is 7.14. The zero-order chi connectivity index (χ0) is 11.6. The predicted octanol–water partition coefficient (Wildman–Crippen LogP) is 2.64. The Kier molecular flexibility index (Phi) is 3.91. The summed E-state index contributed by atoms with van der Waals surface area (Å²) in [5, 5.41) is 3.72. The molecule has 0 bridgehead atoms. The van der Waals surface area contributed by atoms with E-state index in [-0.39, 0.29) is 0 Å². The summed E-state index contributed by atoms with van der Waals surface area (Å²) >= 11 is 0. The summed E-state index contributed by atoms with van der Waals surface area (Å²) in [6.07, 6.45) is 6.84. The van der Waals surface area contributed by atoms with Gasteiger partial charge in [0.1, 0.15) is 0 Å². The Hall–Kier alpha value is -0.0800. The van der Waals surface area contributed by atoms with Crippen LogP contribution in [0.5, 0.6) is 0 Å². The second-order valence-electron chi connectivity index (χ2n) is 6.20. The Balaban J connectivity index is 1.88. The van der Waals surface area contributed by atoms with Crippen LogP contribution in [0.15, 0.2) is 0 Å². The smallest absolute Gasteiger partial charge is 0.0219 e. The lowest BCUT2D eigenvalue weighted by molar-refractivity contribution is 0.102. The normalized spacial score (nSPS) is 33.9. The average Bonchev–Trinajstić information content (AvgIpc) is 2.97. The molecule has 0 radical (unpaired) electrons. The van der Waals surface area contributed by atoms with E-state index in [2.05, 4.69) is 31.0 Å². The number of rotatable bonds is 5. The molecule has 16 heavy (non-hydrogen) atoms. The maximum absolute atomic E-state index is 3.72. The predicted molar refractivity (Wildman–Crippen MR) is 69.7 cm³/mol. The van der Waals surface area contributed by atoms with Gasteiger partial charge in [-0.25, -0.2) is 0 Å². The summed E-state index contributed by atoms with van der Waals surface area (Å²) in [5.41, 5.74) is 0.668. The van der Waals surface area contributed by atoms with Crippen molar-refractivity contribution in [1.82, 2.24) is 10.2 Å². The third-order valence-corrected chi connectivity index (χ3v) is 4.41. The van der Waals surface area contributed by atoms with Gasteiger partial charge in [-0.05, 0) is 31.1 Å². The van der Waals surface area contributed by atoms with Crippen LogP contribution in [0.4, 0.5) is 0 Å². The van der Waals surface area contributed by atoms with Gasteiger partial charge in [-0.1, -0.05) is 27.2 Å². The average molecular weight is 224 g/mol. The highest BCUT2D eigenvalue weighted by atomic mass is 15.2. The minimum Gasteiger partial charge on any atom is -0.311 e. The molecule has 2 atom stereocenters. The molecule has 2 heteroatoms. The van der Waals surface area contributed by atoms with E-state index >= 15 is 0 Å². The van der Waals surface area contributed by atoms with Crippen molar-refractivity contribution in [3.63, 3.8) is 0 Å². The van der Waals surface area contributed by atoms with Gasteiger partial charge < -0.3 is 5.32 Å². The van der Waals surface area contributed by atoms with Crippen LogP contribution in [0, 0.1) is 5.41 Å². The van der Waals surface area contributed by atoms with E-state index in [1.807, 2.05) is 0 Å². The molecular formula is C14H28N2. The number of hydrogen-bond acceptors (Lipinski definition) is 2. The van der Waals surface area contributed by atoms with Crippen LogP contribution in [-0.2, 0) is 0 Å². The van der Waals surface area contributed by atoms with Crippen LogP contribution in [-0.4, -0.2) is 36.6 Å². The lowest BCUT2D eigenvalue weighted by atomic mass is 10.0. The van der Waals surface area contributed by atoms with E-state index in [1.54, 1.807) is 0 Å². The molecule has 2 aliphatic rings. The molecule has 1 saturated carbocycles. The molecular weight excluding hydrogens is 196 g/mol. The molecule has 1 aliphatic heterocycles. The fourth-order valence-corrected chi connectivity index (χ4v) is 2.93. The van der Waals surface area contributed by atoms with Gasteiger partial charge in [0, 0.05) is 31.7 Å². The van der Waals surface area contributed by atoms with Crippen molar-refractivity contribution in [1.29, 1.82) is 0 Å². The zero-order valence-corrected chi connectivity index (χ0v) is 11.3. The van der Waals surface area contributed by atoms with Crippen molar-refractivity contribution in [3.05, 3.63) is 0 Å². The highest BCUT2D eigenvalue weighted by Crippen LogP contribution is 2.46. The van der Waals surface area contributed by atoms with Crippen molar-refractivity contribution in [3.8, 4) is 0 Å². The molecule has 0 aromatic carbocycles. The number of hydrogen-bond donors (Lipinski definition) is 1. The third kappa shape index (κ3) is 2.98. The molecule has 0 aromatic rings. The zero-order valence-electron chi connectivity index (χ0n) is 11.3. The molecule has 0 amide bonds. The molecule has 94 valence electrons. The summed E-state index contributed by atoms with van der Waals surface area (Å²) < 4.78 is 0. The molecule has 2 rings (SSSR count). The van der Waals surface area contributed by atoms with Crippen LogP contribution in [0.2, 0.25) is 0 Å². The first kappa shape index (κ1) is 12.4. The standard InChI is InChI=1S/C14H28N2/c1-4-6-12-10-16(11-14(3)7-8-14)13(5-2)9-15-12/h12-13,15H,4-11H2,1-3H3. The lowest BCUT2D eigenvalue weighted by Gasteiger charge is -2.41. The van der Waals surface area contributed by atoms with Gasteiger partial charge in [0.25, 0.3) is 0 Å². The highest BCUT2D eigenvalue weighted by Gasteiger charge is 2.41. The first-order chi connectivity index (χ1) is 7.67. The molecule has 2 fully saturated rings. The van der Waals surface area contributed by atoms with Crippen molar-refractivity contribution in [2.24, 2.45) is 5.41 Å². The first-order valence-electron chi connectivity index (χ1n) is 7.14. The largest absolute Gasteiger partial charge is 0.311 e. The van der Waals surface area contributed by atoms with Crippen LogP contribution in [0.3, 0.4) is 0 Å². The van der Waals surface area contributed by atoms with Gasteiger partial charge >= 0.3 is 0 Å². The highest BCUT2D eigenvalue weighted by molar-refractivity contribution is 4.95. The second-order valence-corrected chi connectivity index (χ2v) is 6.20. The van der Waals surface area contributed by atoms with Crippen molar-refractivity contribution in [2.75, 3.05) is 19.6 Å². The summed E-state index contributed by atoms with van der Waals surface area (Å²) in [6.45, 7) is 10.9. The quantitative estimate of drug-likeness (QED) is 0.772. The van der Waals surface area contributed by atoms with E-state index in [9.17, 15) is 0 Å². The Bertz CT molecular complexity index is 223. The second kappa shape index (κ2) is 5.05. The van der Waals surface area contributed by atoms with Crippen LogP contribution in [0.25, 0.3) is 0 Å². The third-order valence-electron chi connectivity index (χ3n) is 4.41. The van der Waals surface area contributed by atoms with Crippen molar-refractivity contribution >= 4 is 0 Å².